The molecule has 0 bridgehead atoms. The Bertz CT molecular complexity index is 1570. The quantitative estimate of drug-likeness (QED) is 0.394. The minimum Gasteiger partial charge on any atom is -0.326 e. The van der Waals surface area contributed by atoms with Gasteiger partial charge >= 0.3 is 0 Å². The number of nitrogens with one attached hydrogen (secondary N) is 2. The van der Waals surface area contributed by atoms with Crippen molar-refractivity contribution in [2.75, 3.05) is 6.26 Å². The molecule has 0 saturated heterocycles. The van der Waals surface area contributed by atoms with Crippen LogP contribution in [0.25, 0.3) is 0 Å². The van der Waals surface area contributed by atoms with E-state index in [2.05, 4.69) is 21.3 Å². The number of rotatable bonds is 8. The Morgan fingerprint density at radius 2 is 1.88 bits per heavy atom. The molecule has 3 aromatic rings. The van der Waals surface area contributed by atoms with Gasteiger partial charge in [0.1, 0.15) is 6.61 Å². The van der Waals surface area contributed by atoms with Crippen LogP contribution in [-0.4, -0.2) is 48.5 Å². The number of hydrogen-bond donors (Lipinski definition) is 2. The third-order valence-corrected chi connectivity index (χ3v) is 8.32. The van der Waals surface area contributed by atoms with Gasteiger partial charge in [-0.15, -0.1) is 0 Å². The van der Waals surface area contributed by atoms with E-state index in [4.69, 9.17) is 4.84 Å². The first kappa shape index (κ1) is 28.4. The van der Waals surface area contributed by atoms with Gasteiger partial charge in [-0.3, -0.25) is 19.4 Å². The van der Waals surface area contributed by atoms with Crippen molar-refractivity contribution >= 4 is 21.8 Å². The van der Waals surface area contributed by atoms with Gasteiger partial charge in [0, 0.05) is 23.8 Å². The molecule has 0 radical (unpaired) electrons. The molecule has 11 heteroatoms. The van der Waals surface area contributed by atoms with Gasteiger partial charge in [-0.25, -0.2) is 18.6 Å². The Morgan fingerprint density at radius 3 is 2.63 bits per heavy atom. The molecule has 10 nitrogen and oxygen atoms in total. The van der Waals surface area contributed by atoms with E-state index in [1.165, 1.54) is 0 Å². The van der Waals surface area contributed by atoms with Crippen LogP contribution >= 0.6 is 0 Å². The molecular weight excluding hydrogens is 542 g/mol. The summed E-state index contributed by atoms with van der Waals surface area (Å²) < 4.78 is 27.4. The summed E-state index contributed by atoms with van der Waals surface area (Å²) >= 11 is 0. The van der Waals surface area contributed by atoms with E-state index in [1.54, 1.807) is 71.8 Å². The summed E-state index contributed by atoms with van der Waals surface area (Å²) in [6.45, 7) is 0.0428. The molecule has 0 unspecified atom stereocenters. The van der Waals surface area contributed by atoms with Crippen molar-refractivity contribution in [1.82, 2.24) is 20.1 Å². The number of amides is 2. The summed E-state index contributed by atoms with van der Waals surface area (Å²) in [5.74, 6) is -1.66. The minimum absolute atomic E-state index is 0.0428. The van der Waals surface area contributed by atoms with E-state index in [9.17, 15) is 23.3 Å². The first-order valence-electron chi connectivity index (χ1n) is 13.5. The fourth-order valence-corrected chi connectivity index (χ4v) is 6.76. The second-order valence-corrected chi connectivity index (χ2v) is 12.2. The summed E-state index contributed by atoms with van der Waals surface area (Å²) in [6, 6.07) is 19.4. The molecule has 1 aliphatic heterocycles. The van der Waals surface area contributed by atoms with E-state index >= 15 is 0 Å². The SMILES string of the molecule is CS(=O)(=O)N[C@H]1CCCC[C@@H]1N1C(=O)c2ccccc2[C@@H](C(=O)NOCc2ccccn2)[C@@H]1c1cccc(C#N)c1. The number of pyridine rings is 1. The Kier molecular flexibility index (Phi) is 8.44. The first-order chi connectivity index (χ1) is 19.8. The fraction of sp³-hybridized carbons (Fsp3) is 0.333. The smallest absolute Gasteiger partial charge is 0.255 e. The normalized spacial score (nSPS) is 22.4. The lowest BCUT2D eigenvalue weighted by Crippen LogP contribution is -2.59. The van der Waals surface area contributed by atoms with E-state index in [0.717, 1.165) is 19.1 Å². The maximum absolute atomic E-state index is 14.2. The maximum atomic E-state index is 14.2. The van der Waals surface area contributed by atoms with E-state index < -0.39 is 40.0 Å². The largest absolute Gasteiger partial charge is 0.326 e. The van der Waals surface area contributed by atoms with Crippen molar-refractivity contribution in [2.24, 2.45) is 0 Å². The highest BCUT2D eigenvalue weighted by Gasteiger charge is 2.49. The topological polar surface area (TPSA) is 141 Å². The molecule has 2 heterocycles. The van der Waals surface area contributed by atoms with Gasteiger partial charge in [-0.1, -0.05) is 49.2 Å². The lowest BCUT2D eigenvalue weighted by Gasteiger charge is -2.49. The van der Waals surface area contributed by atoms with Crippen molar-refractivity contribution in [3.05, 3.63) is 101 Å². The predicted octanol–water partition coefficient (Wildman–Crippen LogP) is 3.34. The highest BCUT2D eigenvalue weighted by atomic mass is 32.2. The second kappa shape index (κ2) is 12.2. The monoisotopic (exact) mass is 573 g/mol. The van der Waals surface area contributed by atoms with Crippen LogP contribution in [-0.2, 0) is 26.3 Å². The number of sulfonamides is 1. The Morgan fingerprint density at radius 1 is 1.10 bits per heavy atom. The number of aromatic nitrogens is 1. The minimum atomic E-state index is -3.57. The number of nitrogens with zero attached hydrogens (tertiary/aromatic N) is 3. The molecule has 2 N–H and O–H groups in total. The van der Waals surface area contributed by atoms with E-state index in [0.29, 0.717) is 40.8 Å². The average molecular weight is 574 g/mol. The number of fused-ring (bicyclic) bond motifs is 1. The summed E-state index contributed by atoms with van der Waals surface area (Å²) in [7, 11) is -3.57. The van der Waals surface area contributed by atoms with Gasteiger partial charge < -0.3 is 4.90 Å². The highest BCUT2D eigenvalue weighted by Crippen LogP contribution is 2.46. The van der Waals surface area contributed by atoms with Crippen LogP contribution < -0.4 is 10.2 Å². The van der Waals surface area contributed by atoms with Crippen molar-refractivity contribution < 1.29 is 22.8 Å². The zero-order valence-corrected chi connectivity index (χ0v) is 23.4. The third-order valence-electron chi connectivity index (χ3n) is 7.59. The third kappa shape index (κ3) is 6.30. The number of benzene rings is 2. The van der Waals surface area contributed by atoms with Gasteiger partial charge in [0.05, 0.1) is 35.5 Å². The summed E-state index contributed by atoms with van der Waals surface area (Å²) in [5.41, 5.74) is 5.07. The molecule has 1 fully saturated rings. The Labute approximate surface area is 239 Å². The predicted molar refractivity (Wildman–Crippen MR) is 150 cm³/mol. The molecular formula is C30H31N5O5S. The van der Waals surface area contributed by atoms with Gasteiger partial charge in [-0.05, 0) is 54.3 Å². The summed E-state index contributed by atoms with van der Waals surface area (Å²) in [4.78, 5) is 39.6. The molecule has 0 spiro atoms. The zero-order chi connectivity index (χ0) is 29.0. The van der Waals surface area contributed by atoms with Crippen molar-refractivity contribution in [1.29, 1.82) is 5.26 Å². The second-order valence-electron chi connectivity index (χ2n) is 10.4. The Hall–Kier alpha value is -4.11. The van der Waals surface area contributed by atoms with Crippen molar-refractivity contribution in [2.45, 2.75) is 56.3 Å². The number of hydrogen-bond acceptors (Lipinski definition) is 7. The molecule has 1 aromatic heterocycles. The average Bonchev–Trinajstić information content (AvgIpc) is 2.97. The van der Waals surface area contributed by atoms with Crippen molar-refractivity contribution in [3.63, 3.8) is 0 Å². The Balaban J connectivity index is 1.59. The molecule has 4 atom stereocenters. The first-order valence-corrected chi connectivity index (χ1v) is 15.4. The van der Waals surface area contributed by atoms with Gasteiger partial charge in [0.25, 0.3) is 11.8 Å². The number of hydroxylamine groups is 1. The van der Waals surface area contributed by atoms with Gasteiger partial charge in [-0.2, -0.15) is 5.26 Å². The lowest BCUT2D eigenvalue weighted by atomic mass is 9.76. The van der Waals surface area contributed by atoms with Crippen LogP contribution in [0.5, 0.6) is 0 Å². The van der Waals surface area contributed by atoms with Gasteiger partial charge in [0.2, 0.25) is 10.0 Å². The standard InChI is InChI=1S/C30H31N5O5S/c1-41(38,39)34-25-14-4-5-15-26(25)35-28(21-10-8-9-20(17-21)18-31)27(23-12-2-3-13-24(23)30(35)37)29(36)33-40-19-22-11-6-7-16-32-22/h2-3,6-13,16-17,25-28,34H,4-5,14-15,19H2,1H3,(H,33,36)/t25-,26-,27+,28-/m0/s1. The number of carbonyl (C=O) groups excluding carboxylic acids is 2. The molecule has 212 valence electrons. The van der Waals surface area contributed by atoms with Crippen LogP contribution in [0.2, 0.25) is 0 Å². The molecule has 2 aromatic carbocycles. The highest BCUT2D eigenvalue weighted by molar-refractivity contribution is 7.88. The fourth-order valence-electron chi connectivity index (χ4n) is 5.93. The molecule has 2 aliphatic rings. The van der Waals surface area contributed by atoms with E-state index in [-0.39, 0.29) is 12.5 Å². The van der Waals surface area contributed by atoms with Crippen LogP contribution in [0.15, 0.2) is 72.9 Å². The maximum Gasteiger partial charge on any atom is 0.255 e. The number of nitriles is 1. The van der Waals surface area contributed by atoms with Gasteiger partial charge in [0.15, 0.2) is 0 Å². The zero-order valence-electron chi connectivity index (χ0n) is 22.6. The van der Waals surface area contributed by atoms with Crippen LogP contribution in [0.4, 0.5) is 0 Å². The molecule has 41 heavy (non-hydrogen) atoms. The summed E-state index contributed by atoms with van der Waals surface area (Å²) in [5, 5.41) is 9.64. The number of carbonyl (C=O) groups is 2. The van der Waals surface area contributed by atoms with Crippen LogP contribution in [0, 0.1) is 11.3 Å². The van der Waals surface area contributed by atoms with Crippen LogP contribution in [0.3, 0.4) is 0 Å². The van der Waals surface area contributed by atoms with Crippen molar-refractivity contribution in [3.8, 4) is 6.07 Å². The summed E-state index contributed by atoms with van der Waals surface area (Å²) in [6.07, 6.45) is 5.45. The van der Waals surface area contributed by atoms with E-state index in [1.807, 2.05) is 6.07 Å². The molecule has 1 aliphatic carbocycles. The molecule has 5 rings (SSSR count). The molecule has 1 saturated carbocycles. The lowest BCUT2D eigenvalue weighted by molar-refractivity contribution is -0.138. The molecule has 2 amide bonds. The van der Waals surface area contributed by atoms with Crippen LogP contribution in [0.1, 0.15) is 70.4 Å².